The van der Waals surface area contributed by atoms with Crippen LogP contribution in [-0.2, 0) is 14.4 Å². The standard InChI is InChI=1S/C20H24ClNO4/c1-2-16(19(25)13-3-4-13)22-17(12-5-8-15(21)9-6-12)10-7-14(20(22)26)11-18(23)24/h5-6,8-9,13-14,16-17H,2-4,7,10-11H2,1H3,(H,23,24). The zero-order valence-corrected chi connectivity index (χ0v) is 15.6. The fraction of sp³-hybridized carbons (Fsp3) is 0.550. The molecule has 3 rings (SSSR count). The number of carboxylic acids is 1. The van der Waals surface area contributed by atoms with E-state index in [-0.39, 0.29) is 30.1 Å². The van der Waals surface area contributed by atoms with Gasteiger partial charge in [-0.3, -0.25) is 14.4 Å². The molecule has 1 heterocycles. The summed E-state index contributed by atoms with van der Waals surface area (Å²) in [6.45, 7) is 1.91. The number of rotatable bonds is 7. The number of ketones is 1. The molecule has 1 aliphatic heterocycles. The molecule has 1 N–H and O–H groups in total. The molecule has 1 saturated carbocycles. The van der Waals surface area contributed by atoms with Gasteiger partial charge in [-0.2, -0.15) is 0 Å². The van der Waals surface area contributed by atoms with Gasteiger partial charge in [-0.15, -0.1) is 0 Å². The Morgan fingerprint density at radius 1 is 1.19 bits per heavy atom. The maximum absolute atomic E-state index is 13.1. The van der Waals surface area contributed by atoms with Crippen molar-refractivity contribution in [1.29, 1.82) is 0 Å². The quantitative estimate of drug-likeness (QED) is 0.783. The third-order valence-electron chi connectivity index (χ3n) is 5.43. The first-order valence-electron chi connectivity index (χ1n) is 9.25. The van der Waals surface area contributed by atoms with Crippen LogP contribution < -0.4 is 0 Å². The van der Waals surface area contributed by atoms with Crippen molar-refractivity contribution in [3.05, 3.63) is 34.9 Å². The first-order chi connectivity index (χ1) is 12.4. The Morgan fingerprint density at radius 3 is 2.38 bits per heavy atom. The van der Waals surface area contributed by atoms with E-state index in [9.17, 15) is 14.4 Å². The molecule has 5 nitrogen and oxygen atoms in total. The summed E-state index contributed by atoms with van der Waals surface area (Å²) in [5.41, 5.74) is 0.943. The largest absolute Gasteiger partial charge is 0.481 e. The molecule has 0 aromatic heterocycles. The summed E-state index contributed by atoms with van der Waals surface area (Å²) >= 11 is 5.99. The van der Waals surface area contributed by atoms with E-state index in [1.165, 1.54) is 0 Å². The third-order valence-corrected chi connectivity index (χ3v) is 5.69. The molecule has 0 spiro atoms. The number of hydrogen-bond donors (Lipinski definition) is 1. The van der Waals surface area contributed by atoms with E-state index in [4.69, 9.17) is 16.7 Å². The number of likely N-dealkylation sites (tertiary alicyclic amines) is 1. The van der Waals surface area contributed by atoms with Crippen molar-refractivity contribution in [1.82, 2.24) is 4.90 Å². The fourth-order valence-electron chi connectivity index (χ4n) is 3.94. The molecule has 26 heavy (non-hydrogen) atoms. The van der Waals surface area contributed by atoms with Crippen molar-refractivity contribution in [3.8, 4) is 0 Å². The minimum atomic E-state index is -0.977. The molecule has 3 atom stereocenters. The second kappa shape index (κ2) is 7.78. The van der Waals surface area contributed by atoms with Crippen LogP contribution in [0.5, 0.6) is 0 Å². The lowest BCUT2D eigenvalue weighted by Crippen LogP contribution is -2.52. The van der Waals surface area contributed by atoms with Crippen LogP contribution >= 0.6 is 11.6 Å². The smallest absolute Gasteiger partial charge is 0.304 e. The Morgan fingerprint density at radius 2 is 1.85 bits per heavy atom. The van der Waals surface area contributed by atoms with Crippen LogP contribution in [0, 0.1) is 11.8 Å². The van der Waals surface area contributed by atoms with Gasteiger partial charge in [0.2, 0.25) is 5.91 Å². The summed E-state index contributed by atoms with van der Waals surface area (Å²) in [5, 5.41) is 9.75. The Labute approximate surface area is 158 Å². The molecule has 1 amide bonds. The van der Waals surface area contributed by atoms with Crippen molar-refractivity contribution >= 4 is 29.3 Å². The predicted molar refractivity (Wildman–Crippen MR) is 97.8 cm³/mol. The zero-order valence-electron chi connectivity index (χ0n) is 14.9. The minimum absolute atomic E-state index is 0.0541. The average molecular weight is 378 g/mol. The number of nitrogens with zero attached hydrogens (tertiary/aromatic N) is 1. The topological polar surface area (TPSA) is 74.7 Å². The maximum Gasteiger partial charge on any atom is 0.304 e. The average Bonchev–Trinajstić information content (AvgIpc) is 3.44. The van der Waals surface area contributed by atoms with E-state index < -0.39 is 17.9 Å². The highest BCUT2D eigenvalue weighted by atomic mass is 35.5. The molecule has 1 aromatic rings. The summed E-state index contributed by atoms with van der Waals surface area (Å²) in [5.74, 6) is -1.57. The molecular formula is C20H24ClNO4. The van der Waals surface area contributed by atoms with E-state index >= 15 is 0 Å². The van der Waals surface area contributed by atoms with E-state index in [1.54, 1.807) is 17.0 Å². The molecule has 6 heteroatoms. The van der Waals surface area contributed by atoms with Gasteiger partial charge in [0, 0.05) is 16.9 Å². The number of carbonyl (C=O) groups excluding carboxylic acids is 2. The van der Waals surface area contributed by atoms with Crippen LogP contribution in [0.1, 0.15) is 57.1 Å². The molecule has 1 aromatic carbocycles. The van der Waals surface area contributed by atoms with Gasteiger partial charge in [-0.25, -0.2) is 0 Å². The first-order valence-corrected chi connectivity index (χ1v) is 9.63. The summed E-state index contributed by atoms with van der Waals surface area (Å²) in [4.78, 5) is 38.8. The highest BCUT2D eigenvalue weighted by Gasteiger charge is 2.45. The van der Waals surface area contributed by atoms with Gasteiger partial charge in [0.05, 0.1) is 18.5 Å². The second-order valence-corrected chi connectivity index (χ2v) is 7.72. The first kappa shape index (κ1) is 18.9. The van der Waals surface area contributed by atoms with Gasteiger partial charge in [0.1, 0.15) is 0 Å². The summed E-state index contributed by atoms with van der Waals surface area (Å²) in [7, 11) is 0. The van der Waals surface area contributed by atoms with E-state index in [2.05, 4.69) is 0 Å². The van der Waals surface area contributed by atoms with Crippen LogP contribution in [0.15, 0.2) is 24.3 Å². The molecule has 1 aliphatic carbocycles. The predicted octanol–water partition coefficient (Wildman–Crippen LogP) is 3.85. The van der Waals surface area contributed by atoms with Crippen molar-refractivity contribution in [2.75, 3.05) is 0 Å². The Hall–Kier alpha value is -1.88. The van der Waals surface area contributed by atoms with Gasteiger partial charge in [-0.05, 0) is 49.8 Å². The van der Waals surface area contributed by atoms with E-state index in [0.29, 0.717) is 24.3 Å². The lowest BCUT2D eigenvalue weighted by molar-refractivity contribution is -0.154. The summed E-state index contributed by atoms with van der Waals surface area (Å²) in [6, 6.07) is 6.65. The summed E-state index contributed by atoms with van der Waals surface area (Å²) < 4.78 is 0. The summed E-state index contributed by atoms with van der Waals surface area (Å²) in [6.07, 6.45) is 3.31. The van der Waals surface area contributed by atoms with Gasteiger partial charge in [-0.1, -0.05) is 30.7 Å². The number of carboxylic acid groups (broad SMARTS) is 1. The molecule has 1 saturated heterocycles. The number of hydrogen-bond acceptors (Lipinski definition) is 3. The van der Waals surface area contributed by atoms with Gasteiger partial charge >= 0.3 is 5.97 Å². The molecule has 2 fully saturated rings. The van der Waals surface area contributed by atoms with Crippen molar-refractivity contribution in [2.24, 2.45) is 11.8 Å². The normalized spacial score (nSPS) is 24.4. The molecular weight excluding hydrogens is 354 g/mol. The number of halogens is 1. The molecule has 140 valence electrons. The van der Waals surface area contributed by atoms with Gasteiger partial charge in [0.15, 0.2) is 5.78 Å². The second-order valence-electron chi connectivity index (χ2n) is 7.29. The number of carbonyl (C=O) groups is 3. The van der Waals surface area contributed by atoms with Crippen LogP contribution in [0.4, 0.5) is 0 Å². The minimum Gasteiger partial charge on any atom is -0.481 e. The van der Waals surface area contributed by atoms with Crippen molar-refractivity contribution in [2.45, 2.75) is 57.5 Å². The van der Waals surface area contributed by atoms with E-state index in [0.717, 1.165) is 18.4 Å². The molecule has 2 aliphatic rings. The molecule has 0 radical (unpaired) electrons. The highest BCUT2D eigenvalue weighted by molar-refractivity contribution is 6.30. The zero-order chi connectivity index (χ0) is 18.8. The van der Waals surface area contributed by atoms with Gasteiger partial charge in [0.25, 0.3) is 0 Å². The Balaban J connectivity index is 1.93. The number of Topliss-reactive ketones (excluding diaryl/α,β-unsaturated/α-hetero) is 1. The van der Waals surface area contributed by atoms with Crippen LogP contribution in [0.25, 0.3) is 0 Å². The monoisotopic (exact) mass is 377 g/mol. The Bertz CT molecular complexity index is 698. The van der Waals surface area contributed by atoms with Gasteiger partial charge < -0.3 is 10.0 Å². The molecule has 0 bridgehead atoms. The molecule has 3 unspecified atom stereocenters. The van der Waals surface area contributed by atoms with Crippen molar-refractivity contribution < 1.29 is 19.5 Å². The van der Waals surface area contributed by atoms with E-state index in [1.807, 2.05) is 19.1 Å². The highest BCUT2D eigenvalue weighted by Crippen LogP contribution is 2.40. The number of piperidine rings is 1. The van der Waals surface area contributed by atoms with Crippen molar-refractivity contribution in [3.63, 3.8) is 0 Å². The fourth-order valence-corrected chi connectivity index (χ4v) is 4.07. The number of aliphatic carboxylic acids is 1. The van der Waals surface area contributed by atoms with Crippen LogP contribution in [-0.4, -0.2) is 33.7 Å². The maximum atomic E-state index is 13.1. The number of benzene rings is 1. The number of amides is 1. The third kappa shape index (κ3) is 3.93. The lowest BCUT2D eigenvalue weighted by Gasteiger charge is -2.43. The van der Waals surface area contributed by atoms with Crippen LogP contribution in [0.2, 0.25) is 5.02 Å². The SMILES string of the molecule is CCC(C(=O)C1CC1)N1C(=O)C(CC(=O)O)CCC1c1ccc(Cl)cc1. The lowest BCUT2D eigenvalue weighted by atomic mass is 9.84. The van der Waals surface area contributed by atoms with Crippen LogP contribution in [0.3, 0.4) is 0 Å². The Kier molecular flexibility index (Phi) is 5.66.